The van der Waals surface area contributed by atoms with Crippen molar-refractivity contribution in [3.63, 3.8) is 0 Å². The fourth-order valence-electron chi connectivity index (χ4n) is 3.22. The molecular weight excluding hydrogens is 384 g/mol. The maximum Gasteiger partial charge on any atom is 0.259 e. The summed E-state index contributed by atoms with van der Waals surface area (Å²) in [7, 11) is -3.73. The summed E-state index contributed by atoms with van der Waals surface area (Å²) in [4.78, 5) is 12.4. The number of rotatable bonds is 5. The third kappa shape index (κ3) is 4.30. The number of thiophene rings is 1. The van der Waals surface area contributed by atoms with E-state index in [1.165, 1.54) is 31.4 Å². The second-order valence-corrected chi connectivity index (χ2v) is 9.48. The predicted octanol–water partition coefficient (Wildman–Crippen LogP) is 2.96. The number of hydrogen-bond acceptors (Lipinski definition) is 5. The Bertz CT molecular complexity index is 993. The minimum Gasteiger partial charge on any atom is -0.289 e. The second kappa shape index (κ2) is 7.93. The number of hydrogen-bond donors (Lipinski definition) is 2. The monoisotopic (exact) mass is 406 g/mol. The van der Waals surface area contributed by atoms with Crippen molar-refractivity contribution < 1.29 is 18.4 Å². The maximum atomic E-state index is 12.2. The molecule has 144 valence electrons. The van der Waals surface area contributed by atoms with E-state index in [0.717, 1.165) is 11.1 Å². The molecule has 1 aliphatic heterocycles. The van der Waals surface area contributed by atoms with Gasteiger partial charge in [-0.25, -0.2) is 13.9 Å². The van der Waals surface area contributed by atoms with Gasteiger partial charge in [0.25, 0.3) is 5.91 Å². The normalized spacial score (nSPS) is 15.4. The highest BCUT2D eigenvalue weighted by Gasteiger charge is 2.27. The molecule has 27 heavy (non-hydrogen) atoms. The summed E-state index contributed by atoms with van der Waals surface area (Å²) in [5.74, 6) is -1.68. The van der Waals surface area contributed by atoms with Crippen LogP contribution in [0.15, 0.2) is 35.7 Å². The van der Waals surface area contributed by atoms with Gasteiger partial charge in [0.15, 0.2) is 0 Å². The van der Waals surface area contributed by atoms with E-state index in [4.69, 9.17) is 5.21 Å². The molecule has 1 amide bonds. The van der Waals surface area contributed by atoms with Crippen LogP contribution in [0.5, 0.6) is 0 Å². The standard InChI is InChI=1S/C19H22N2O4S2/c1-13-7-10-26-19(13)17-4-3-16(11-14(17)2)15-5-8-21(9-6-15)27(24,25)12-18(22)20-23/h3-5,7,10-11,23H,6,8-9,12H2,1-2H3,(H,20,22). The van der Waals surface area contributed by atoms with Gasteiger partial charge in [-0.1, -0.05) is 24.3 Å². The van der Waals surface area contributed by atoms with Crippen molar-refractivity contribution in [1.82, 2.24) is 9.79 Å². The summed E-state index contributed by atoms with van der Waals surface area (Å²) in [5, 5.41) is 10.6. The van der Waals surface area contributed by atoms with Crippen molar-refractivity contribution in [3.05, 3.63) is 52.4 Å². The summed E-state index contributed by atoms with van der Waals surface area (Å²) in [6.45, 7) is 4.74. The molecule has 0 atom stereocenters. The molecule has 2 heterocycles. The topological polar surface area (TPSA) is 86.7 Å². The minimum atomic E-state index is -3.73. The molecule has 2 aromatic rings. The summed E-state index contributed by atoms with van der Waals surface area (Å²) in [6, 6.07) is 8.46. The van der Waals surface area contributed by atoms with E-state index in [0.29, 0.717) is 13.0 Å². The summed E-state index contributed by atoms with van der Waals surface area (Å²) in [6.07, 6.45) is 2.47. The average molecular weight is 407 g/mol. The Labute approximate surface area is 163 Å². The average Bonchev–Trinajstić information content (AvgIpc) is 3.07. The van der Waals surface area contributed by atoms with Gasteiger partial charge in [0, 0.05) is 18.0 Å². The van der Waals surface area contributed by atoms with E-state index >= 15 is 0 Å². The van der Waals surface area contributed by atoms with Gasteiger partial charge >= 0.3 is 0 Å². The van der Waals surface area contributed by atoms with Gasteiger partial charge < -0.3 is 0 Å². The van der Waals surface area contributed by atoms with E-state index in [-0.39, 0.29) is 6.54 Å². The van der Waals surface area contributed by atoms with Crippen LogP contribution in [0.3, 0.4) is 0 Å². The molecule has 0 spiro atoms. The summed E-state index contributed by atoms with van der Waals surface area (Å²) >= 11 is 1.73. The lowest BCUT2D eigenvalue weighted by Crippen LogP contribution is -2.40. The molecule has 0 saturated carbocycles. The minimum absolute atomic E-state index is 0.223. The number of benzene rings is 1. The fourth-order valence-corrected chi connectivity index (χ4v) is 5.49. The van der Waals surface area contributed by atoms with Gasteiger partial charge in [0.05, 0.1) is 0 Å². The Morgan fingerprint density at radius 3 is 2.59 bits per heavy atom. The van der Waals surface area contributed by atoms with Crippen LogP contribution in [0.2, 0.25) is 0 Å². The van der Waals surface area contributed by atoms with Crippen molar-refractivity contribution in [3.8, 4) is 10.4 Å². The molecule has 3 rings (SSSR count). The zero-order valence-electron chi connectivity index (χ0n) is 15.2. The smallest absolute Gasteiger partial charge is 0.259 e. The number of nitrogens with one attached hydrogen (secondary N) is 1. The molecule has 6 nitrogen and oxygen atoms in total. The Hall–Kier alpha value is -2.00. The zero-order valence-corrected chi connectivity index (χ0v) is 16.9. The Balaban J connectivity index is 1.77. The Kier molecular flexibility index (Phi) is 5.81. The van der Waals surface area contributed by atoms with E-state index < -0.39 is 21.7 Å². The van der Waals surface area contributed by atoms with E-state index in [1.54, 1.807) is 11.3 Å². The fraction of sp³-hybridized carbons (Fsp3) is 0.316. The van der Waals surface area contributed by atoms with Crippen LogP contribution in [-0.2, 0) is 14.8 Å². The van der Waals surface area contributed by atoms with Crippen molar-refractivity contribution >= 4 is 32.8 Å². The molecule has 0 unspecified atom stereocenters. The highest BCUT2D eigenvalue weighted by molar-refractivity contribution is 7.89. The first-order valence-corrected chi connectivity index (χ1v) is 11.1. The van der Waals surface area contributed by atoms with E-state index in [1.807, 2.05) is 6.08 Å². The highest BCUT2D eigenvalue weighted by atomic mass is 32.2. The van der Waals surface area contributed by atoms with Crippen LogP contribution < -0.4 is 5.48 Å². The SMILES string of the molecule is Cc1cc(C2=CCN(S(=O)(=O)CC(=O)NO)CC2)ccc1-c1sccc1C. The van der Waals surface area contributed by atoms with Crippen LogP contribution in [0.4, 0.5) is 0 Å². The third-order valence-electron chi connectivity index (χ3n) is 4.71. The third-order valence-corrected chi connectivity index (χ3v) is 7.50. The molecule has 1 aromatic carbocycles. The molecule has 0 aliphatic carbocycles. The first kappa shape index (κ1) is 19.8. The molecule has 0 bridgehead atoms. The van der Waals surface area contributed by atoms with Crippen molar-refractivity contribution in [2.24, 2.45) is 0 Å². The lowest BCUT2D eigenvalue weighted by molar-refractivity contribution is -0.126. The second-order valence-electron chi connectivity index (χ2n) is 6.59. The first-order chi connectivity index (χ1) is 12.8. The number of carbonyl (C=O) groups excluding carboxylic acids is 1. The van der Waals surface area contributed by atoms with Gasteiger partial charge in [-0.2, -0.15) is 4.31 Å². The molecule has 1 aromatic heterocycles. The van der Waals surface area contributed by atoms with Crippen LogP contribution in [0.1, 0.15) is 23.1 Å². The quantitative estimate of drug-likeness (QED) is 0.590. The van der Waals surface area contributed by atoms with Crippen molar-refractivity contribution in [2.45, 2.75) is 20.3 Å². The number of hydroxylamine groups is 1. The van der Waals surface area contributed by atoms with E-state index in [2.05, 4.69) is 43.5 Å². The zero-order chi connectivity index (χ0) is 19.6. The van der Waals surface area contributed by atoms with Crippen molar-refractivity contribution in [2.75, 3.05) is 18.8 Å². The number of aryl methyl sites for hydroxylation is 2. The van der Waals surface area contributed by atoms with Gasteiger partial charge in [-0.3, -0.25) is 10.0 Å². The van der Waals surface area contributed by atoms with E-state index in [9.17, 15) is 13.2 Å². The van der Waals surface area contributed by atoms with Gasteiger partial charge in [-0.05, 0) is 59.5 Å². The number of amides is 1. The van der Waals surface area contributed by atoms with Crippen LogP contribution in [0.25, 0.3) is 16.0 Å². The lowest BCUT2D eigenvalue weighted by Gasteiger charge is -2.26. The molecule has 0 fully saturated rings. The predicted molar refractivity (Wildman–Crippen MR) is 107 cm³/mol. The first-order valence-electron chi connectivity index (χ1n) is 8.57. The van der Waals surface area contributed by atoms with Gasteiger partial charge in [0.2, 0.25) is 10.0 Å². The lowest BCUT2D eigenvalue weighted by atomic mass is 9.95. The molecular formula is C19H22N2O4S2. The number of nitrogens with zero attached hydrogens (tertiary/aromatic N) is 1. The summed E-state index contributed by atoms with van der Waals surface area (Å²) < 4.78 is 25.6. The molecule has 0 radical (unpaired) electrons. The highest BCUT2D eigenvalue weighted by Crippen LogP contribution is 2.34. The van der Waals surface area contributed by atoms with Gasteiger partial charge in [-0.15, -0.1) is 11.3 Å². The van der Waals surface area contributed by atoms with Crippen LogP contribution >= 0.6 is 11.3 Å². The molecule has 8 heteroatoms. The summed E-state index contributed by atoms with van der Waals surface area (Å²) in [5.41, 5.74) is 7.23. The largest absolute Gasteiger partial charge is 0.289 e. The van der Waals surface area contributed by atoms with Gasteiger partial charge in [0.1, 0.15) is 5.75 Å². The molecule has 2 N–H and O–H groups in total. The molecule has 1 aliphatic rings. The number of carbonyl (C=O) groups is 1. The van der Waals surface area contributed by atoms with Crippen molar-refractivity contribution in [1.29, 1.82) is 0 Å². The Morgan fingerprint density at radius 2 is 2.04 bits per heavy atom. The maximum absolute atomic E-state index is 12.2. The van der Waals surface area contributed by atoms with Crippen LogP contribution in [-0.4, -0.2) is 42.7 Å². The van der Waals surface area contributed by atoms with Crippen LogP contribution in [0, 0.1) is 13.8 Å². The number of sulfonamides is 1. The Morgan fingerprint density at radius 1 is 1.26 bits per heavy atom. The molecule has 0 saturated heterocycles.